The molecule has 0 amide bonds. The van der Waals surface area contributed by atoms with E-state index in [9.17, 15) is 5.11 Å². The van der Waals surface area contributed by atoms with Crippen LogP contribution in [0.1, 0.15) is 35.4 Å². The van der Waals surface area contributed by atoms with Crippen molar-refractivity contribution in [3.05, 3.63) is 34.8 Å². The number of rotatable bonds is 3. The van der Waals surface area contributed by atoms with Crippen molar-refractivity contribution in [3.8, 4) is 5.75 Å². The van der Waals surface area contributed by atoms with Gasteiger partial charge in [-0.05, 0) is 30.5 Å². The van der Waals surface area contributed by atoms with Crippen molar-refractivity contribution < 1.29 is 9.84 Å². The number of hydrogen-bond donors (Lipinski definition) is 1. The molecule has 2 aromatic rings. The van der Waals surface area contributed by atoms with Crippen LogP contribution in [0.15, 0.2) is 24.3 Å². The molecule has 1 saturated heterocycles. The maximum atomic E-state index is 9.61. The van der Waals surface area contributed by atoms with Gasteiger partial charge in [0.2, 0.25) is 5.13 Å². The Kier molecular flexibility index (Phi) is 3.27. The van der Waals surface area contributed by atoms with Gasteiger partial charge in [-0.2, -0.15) is 0 Å². The molecule has 1 unspecified atom stereocenters. The van der Waals surface area contributed by atoms with Crippen molar-refractivity contribution in [1.29, 1.82) is 0 Å². The fourth-order valence-corrected chi connectivity index (χ4v) is 3.65. The van der Waals surface area contributed by atoms with Gasteiger partial charge in [0, 0.05) is 12.5 Å². The van der Waals surface area contributed by atoms with Gasteiger partial charge >= 0.3 is 0 Å². The second-order valence-electron chi connectivity index (χ2n) is 5.60. The van der Waals surface area contributed by atoms with Crippen LogP contribution in [0.25, 0.3) is 0 Å². The fraction of sp³-hybridized carbons (Fsp3) is 0.467. The van der Waals surface area contributed by atoms with E-state index >= 15 is 0 Å². The second kappa shape index (κ2) is 5.27. The van der Waals surface area contributed by atoms with Crippen LogP contribution in [0.3, 0.4) is 0 Å². The topological polar surface area (TPSA) is 58.5 Å². The van der Waals surface area contributed by atoms with Gasteiger partial charge < -0.3 is 14.7 Å². The molecule has 2 heterocycles. The summed E-state index contributed by atoms with van der Waals surface area (Å²) >= 11 is 1.71. The number of phenolic OH excluding ortho intramolecular Hbond substituents is 1. The highest BCUT2D eigenvalue weighted by Crippen LogP contribution is 2.43. The van der Waals surface area contributed by atoms with Crippen molar-refractivity contribution in [1.82, 2.24) is 10.2 Å². The summed E-state index contributed by atoms with van der Waals surface area (Å²) in [4.78, 5) is 2.24. The van der Waals surface area contributed by atoms with Gasteiger partial charge in [0.05, 0.1) is 13.2 Å². The number of ether oxygens (including phenoxy) is 1. The van der Waals surface area contributed by atoms with Crippen LogP contribution < -0.4 is 4.90 Å². The molecule has 5 nitrogen and oxygen atoms in total. The SMILES string of the molecule is Oc1cccc(C2CN(c3nnc(C4CC4)s3)CCO2)c1. The Morgan fingerprint density at radius 2 is 2.19 bits per heavy atom. The van der Waals surface area contributed by atoms with Crippen LogP contribution in [0.2, 0.25) is 0 Å². The molecule has 1 saturated carbocycles. The molecule has 2 aliphatic rings. The summed E-state index contributed by atoms with van der Waals surface area (Å²) in [7, 11) is 0. The maximum Gasteiger partial charge on any atom is 0.208 e. The Balaban J connectivity index is 1.51. The summed E-state index contributed by atoms with van der Waals surface area (Å²) in [5.74, 6) is 0.930. The highest BCUT2D eigenvalue weighted by atomic mass is 32.1. The zero-order chi connectivity index (χ0) is 14.2. The Hall–Kier alpha value is -1.66. The number of benzene rings is 1. The minimum atomic E-state index is -0.0286. The normalized spacial score (nSPS) is 22.5. The lowest BCUT2D eigenvalue weighted by molar-refractivity contribution is 0.0396. The number of morpholine rings is 1. The summed E-state index contributed by atoms with van der Waals surface area (Å²) in [6, 6.07) is 7.29. The lowest BCUT2D eigenvalue weighted by Gasteiger charge is -2.32. The number of hydrogen-bond acceptors (Lipinski definition) is 6. The third kappa shape index (κ3) is 2.73. The first-order valence-corrected chi connectivity index (χ1v) is 8.10. The Morgan fingerprint density at radius 3 is 3.00 bits per heavy atom. The molecule has 110 valence electrons. The van der Waals surface area contributed by atoms with Gasteiger partial charge in [-0.15, -0.1) is 10.2 Å². The molecule has 2 fully saturated rings. The number of anilines is 1. The molecule has 1 atom stereocenters. The van der Waals surface area contributed by atoms with E-state index in [0.29, 0.717) is 12.5 Å². The van der Waals surface area contributed by atoms with Gasteiger partial charge in [-0.3, -0.25) is 0 Å². The third-order valence-corrected chi connectivity index (χ3v) is 5.08. The van der Waals surface area contributed by atoms with E-state index < -0.39 is 0 Å². The fourth-order valence-electron chi connectivity index (χ4n) is 2.60. The van der Waals surface area contributed by atoms with Gasteiger partial charge in [-0.25, -0.2) is 0 Å². The summed E-state index contributed by atoms with van der Waals surface area (Å²) in [5, 5.41) is 20.4. The third-order valence-electron chi connectivity index (χ3n) is 3.94. The first-order valence-electron chi connectivity index (χ1n) is 7.28. The van der Waals surface area contributed by atoms with E-state index in [0.717, 1.165) is 23.8 Å². The molecule has 1 aliphatic heterocycles. The second-order valence-corrected chi connectivity index (χ2v) is 6.59. The predicted molar refractivity (Wildman–Crippen MR) is 80.9 cm³/mol. The Bertz CT molecular complexity index is 641. The maximum absolute atomic E-state index is 9.61. The predicted octanol–water partition coefficient (Wildman–Crippen LogP) is 2.70. The molecule has 1 aliphatic carbocycles. The lowest BCUT2D eigenvalue weighted by atomic mass is 10.1. The average Bonchev–Trinajstić information content (AvgIpc) is 3.25. The van der Waals surface area contributed by atoms with Crippen molar-refractivity contribution in [2.45, 2.75) is 24.9 Å². The smallest absolute Gasteiger partial charge is 0.208 e. The van der Waals surface area contributed by atoms with Gasteiger partial charge in [-0.1, -0.05) is 23.5 Å². The molecule has 0 spiro atoms. The van der Waals surface area contributed by atoms with Crippen molar-refractivity contribution in [2.24, 2.45) is 0 Å². The van der Waals surface area contributed by atoms with Crippen LogP contribution in [0.4, 0.5) is 5.13 Å². The zero-order valence-electron chi connectivity index (χ0n) is 11.6. The molecular formula is C15H17N3O2S. The average molecular weight is 303 g/mol. The van der Waals surface area contributed by atoms with Crippen molar-refractivity contribution >= 4 is 16.5 Å². The highest BCUT2D eigenvalue weighted by molar-refractivity contribution is 7.15. The molecule has 21 heavy (non-hydrogen) atoms. The van der Waals surface area contributed by atoms with E-state index in [4.69, 9.17) is 4.74 Å². The van der Waals surface area contributed by atoms with Gasteiger partial charge in [0.25, 0.3) is 0 Å². The van der Waals surface area contributed by atoms with Crippen molar-refractivity contribution in [2.75, 3.05) is 24.6 Å². The van der Waals surface area contributed by atoms with Crippen LogP contribution in [0, 0.1) is 0 Å². The van der Waals surface area contributed by atoms with Crippen molar-refractivity contribution in [3.63, 3.8) is 0 Å². The number of nitrogens with zero attached hydrogens (tertiary/aromatic N) is 3. The molecule has 1 aromatic carbocycles. The summed E-state index contributed by atoms with van der Waals surface area (Å²) in [5.41, 5.74) is 1.01. The number of phenols is 1. The minimum absolute atomic E-state index is 0.0286. The van der Waals surface area contributed by atoms with Crippen LogP contribution in [0.5, 0.6) is 5.75 Å². The number of aromatic nitrogens is 2. The molecule has 1 N–H and O–H groups in total. The lowest BCUT2D eigenvalue weighted by Crippen LogP contribution is -2.38. The molecule has 1 aromatic heterocycles. The summed E-state index contributed by atoms with van der Waals surface area (Å²) < 4.78 is 5.84. The minimum Gasteiger partial charge on any atom is -0.508 e. The van der Waals surface area contributed by atoms with Crippen LogP contribution in [-0.2, 0) is 4.74 Å². The van der Waals surface area contributed by atoms with Gasteiger partial charge in [0.1, 0.15) is 16.9 Å². The van der Waals surface area contributed by atoms with E-state index in [1.165, 1.54) is 17.8 Å². The van der Waals surface area contributed by atoms with Crippen LogP contribution in [-0.4, -0.2) is 35.0 Å². The molecule has 4 rings (SSSR count). The monoisotopic (exact) mass is 303 g/mol. The number of aromatic hydroxyl groups is 1. The van der Waals surface area contributed by atoms with E-state index in [1.807, 2.05) is 12.1 Å². The highest BCUT2D eigenvalue weighted by Gasteiger charge is 2.30. The quantitative estimate of drug-likeness (QED) is 0.944. The van der Waals surface area contributed by atoms with E-state index in [1.54, 1.807) is 23.5 Å². The summed E-state index contributed by atoms with van der Waals surface area (Å²) in [6.07, 6.45) is 2.48. The van der Waals surface area contributed by atoms with E-state index in [-0.39, 0.29) is 11.9 Å². The largest absolute Gasteiger partial charge is 0.508 e. The van der Waals surface area contributed by atoms with Gasteiger partial charge in [0.15, 0.2) is 0 Å². The zero-order valence-corrected chi connectivity index (χ0v) is 12.4. The first-order chi connectivity index (χ1) is 10.3. The standard InChI is InChI=1S/C15H17N3O2S/c19-12-3-1-2-11(8-12)13-9-18(6-7-20-13)15-17-16-14(21-15)10-4-5-10/h1-3,8,10,13,19H,4-7,9H2. The molecule has 0 bridgehead atoms. The van der Waals surface area contributed by atoms with Crippen LogP contribution >= 0.6 is 11.3 Å². The summed E-state index contributed by atoms with van der Waals surface area (Å²) in [6.45, 7) is 2.26. The van der Waals surface area contributed by atoms with E-state index in [2.05, 4.69) is 15.1 Å². The first kappa shape index (κ1) is 13.0. The molecule has 0 radical (unpaired) electrons. The molecule has 6 heteroatoms. The Labute approximate surface area is 127 Å². The Morgan fingerprint density at radius 1 is 1.29 bits per heavy atom. The molecular weight excluding hydrogens is 286 g/mol.